The van der Waals surface area contributed by atoms with E-state index in [9.17, 15) is 13.2 Å². The fraction of sp³-hybridized carbons (Fsp3) is 1.00. The number of nitrogens with one attached hydrogen (secondary N) is 1. The van der Waals surface area contributed by atoms with Gasteiger partial charge in [-0.25, -0.2) is 0 Å². The molecule has 1 heterocycles. The molecule has 1 fully saturated rings. The minimum Gasteiger partial charge on any atom is -0.315 e. The van der Waals surface area contributed by atoms with E-state index in [1.54, 1.807) is 0 Å². The van der Waals surface area contributed by atoms with Crippen LogP contribution in [0.1, 0.15) is 26.2 Å². The van der Waals surface area contributed by atoms with Crippen LogP contribution >= 0.6 is 0 Å². The van der Waals surface area contributed by atoms with Crippen molar-refractivity contribution in [1.82, 2.24) is 10.2 Å². The van der Waals surface area contributed by atoms with Crippen molar-refractivity contribution < 1.29 is 17.9 Å². The van der Waals surface area contributed by atoms with Crippen molar-refractivity contribution in [3.63, 3.8) is 0 Å². The van der Waals surface area contributed by atoms with E-state index in [4.69, 9.17) is 0 Å². The molecule has 0 aromatic heterocycles. The summed E-state index contributed by atoms with van der Waals surface area (Å²) in [6, 6.07) is 0.360. The number of nitrogens with zero attached hydrogens (tertiary/aromatic N) is 1. The molecule has 0 bridgehead atoms. The first-order chi connectivity index (χ1) is 8.03. The van der Waals surface area contributed by atoms with Crippen LogP contribution < -0.4 is 5.32 Å². The molecule has 0 aromatic rings. The van der Waals surface area contributed by atoms with Gasteiger partial charge in [0.25, 0.3) is 0 Å². The molecule has 6 heteroatoms. The van der Waals surface area contributed by atoms with Gasteiger partial charge in [0.15, 0.2) is 0 Å². The lowest BCUT2D eigenvalue weighted by molar-refractivity contribution is -0.325. The molecule has 0 aliphatic carbocycles. The van der Waals surface area contributed by atoms with E-state index in [0.29, 0.717) is 12.6 Å². The standard InChI is InChI=1S/C11H21F3N2O/c1-2-5-15-9-10-4-3-6-16(10)7-8-17-11(12,13)14/h10,15H,2-9H2,1H3. The molecule has 3 nitrogen and oxygen atoms in total. The lowest BCUT2D eigenvalue weighted by Crippen LogP contribution is -2.40. The van der Waals surface area contributed by atoms with E-state index >= 15 is 0 Å². The number of hydrogen-bond donors (Lipinski definition) is 1. The van der Waals surface area contributed by atoms with Gasteiger partial charge in [-0.05, 0) is 32.4 Å². The highest BCUT2D eigenvalue weighted by Crippen LogP contribution is 2.19. The maximum Gasteiger partial charge on any atom is 0.522 e. The van der Waals surface area contributed by atoms with Crippen LogP contribution in [0.5, 0.6) is 0 Å². The Bertz CT molecular complexity index is 211. The van der Waals surface area contributed by atoms with E-state index < -0.39 is 6.36 Å². The SMILES string of the molecule is CCCNCC1CCCN1CCOC(F)(F)F. The lowest BCUT2D eigenvalue weighted by atomic mass is 10.2. The number of likely N-dealkylation sites (tertiary alicyclic amines) is 1. The molecule has 102 valence electrons. The molecule has 0 spiro atoms. The average molecular weight is 254 g/mol. The number of rotatable bonds is 7. The van der Waals surface area contributed by atoms with Gasteiger partial charge in [-0.1, -0.05) is 6.92 Å². The van der Waals surface area contributed by atoms with Crippen LogP contribution in [0.4, 0.5) is 13.2 Å². The van der Waals surface area contributed by atoms with Crippen molar-refractivity contribution in [3.05, 3.63) is 0 Å². The summed E-state index contributed by atoms with van der Waals surface area (Å²) >= 11 is 0. The monoisotopic (exact) mass is 254 g/mol. The van der Waals surface area contributed by atoms with Crippen LogP contribution in [0, 0.1) is 0 Å². The third-order valence-electron chi connectivity index (χ3n) is 2.95. The Hall–Kier alpha value is -0.330. The van der Waals surface area contributed by atoms with Gasteiger partial charge in [-0.15, -0.1) is 13.2 Å². The molecule has 1 atom stereocenters. The summed E-state index contributed by atoms with van der Waals surface area (Å²) in [5, 5.41) is 3.31. The van der Waals surface area contributed by atoms with Crippen molar-refractivity contribution in [2.75, 3.05) is 32.8 Å². The van der Waals surface area contributed by atoms with E-state index in [2.05, 4.69) is 21.9 Å². The quantitative estimate of drug-likeness (QED) is 0.703. The Morgan fingerprint density at radius 2 is 2.18 bits per heavy atom. The minimum atomic E-state index is -4.50. The van der Waals surface area contributed by atoms with Gasteiger partial charge in [0, 0.05) is 19.1 Å². The second kappa shape index (κ2) is 7.18. The molecule has 1 rings (SSSR count). The van der Waals surface area contributed by atoms with Crippen molar-refractivity contribution in [1.29, 1.82) is 0 Å². The van der Waals surface area contributed by atoms with Crippen LogP contribution in [-0.2, 0) is 4.74 Å². The zero-order valence-electron chi connectivity index (χ0n) is 10.2. The van der Waals surface area contributed by atoms with E-state index in [0.717, 1.165) is 38.9 Å². The Morgan fingerprint density at radius 1 is 1.41 bits per heavy atom. The van der Waals surface area contributed by atoms with Gasteiger partial charge in [0.05, 0.1) is 6.61 Å². The number of ether oxygens (including phenoxy) is 1. The van der Waals surface area contributed by atoms with Crippen LogP contribution in [-0.4, -0.2) is 50.1 Å². The minimum absolute atomic E-state index is 0.270. The molecule has 0 amide bonds. The van der Waals surface area contributed by atoms with Gasteiger partial charge in [0.1, 0.15) is 0 Å². The zero-order chi connectivity index (χ0) is 12.7. The number of alkyl halides is 3. The van der Waals surface area contributed by atoms with Crippen LogP contribution in [0.15, 0.2) is 0 Å². The highest BCUT2D eigenvalue weighted by Gasteiger charge is 2.30. The van der Waals surface area contributed by atoms with E-state index in [1.165, 1.54) is 0 Å². The first kappa shape index (κ1) is 14.7. The summed E-state index contributed by atoms with van der Waals surface area (Å²) in [7, 11) is 0. The fourth-order valence-electron chi connectivity index (χ4n) is 2.14. The third kappa shape index (κ3) is 6.24. The van der Waals surface area contributed by atoms with Gasteiger partial charge >= 0.3 is 6.36 Å². The maximum atomic E-state index is 11.8. The Kier molecular flexibility index (Phi) is 6.22. The lowest BCUT2D eigenvalue weighted by Gasteiger charge is -2.24. The molecule has 1 N–H and O–H groups in total. The summed E-state index contributed by atoms with van der Waals surface area (Å²) in [6.45, 7) is 4.88. The molecule has 0 aromatic carbocycles. The van der Waals surface area contributed by atoms with Crippen molar-refractivity contribution in [3.8, 4) is 0 Å². The van der Waals surface area contributed by atoms with Crippen LogP contribution in [0.3, 0.4) is 0 Å². The molecule has 1 aliphatic rings. The van der Waals surface area contributed by atoms with E-state index in [-0.39, 0.29) is 6.61 Å². The predicted octanol–water partition coefficient (Wildman–Crippen LogP) is 1.99. The Balaban J connectivity index is 2.17. The van der Waals surface area contributed by atoms with E-state index in [1.807, 2.05) is 0 Å². The zero-order valence-corrected chi connectivity index (χ0v) is 10.2. The average Bonchev–Trinajstić information content (AvgIpc) is 2.64. The van der Waals surface area contributed by atoms with Gasteiger partial charge in [-0.2, -0.15) is 0 Å². The van der Waals surface area contributed by atoms with Crippen molar-refractivity contribution >= 4 is 0 Å². The third-order valence-corrected chi connectivity index (χ3v) is 2.95. The second-order valence-corrected chi connectivity index (χ2v) is 4.33. The number of halogens is 3. The highest BCUT2D eigenvalue weighted by atomic mass is 19.4. The molecule has 0 saturated carbocycles. The topological polar surface area (TPSA) is 24.5 Å². The van der Waals surface area contributed by atoms with Gasteiger partial charge in [-0.3, -0.25) is 9.64 Å². The largest absolute Gasteiger partial charge is 0.522 e. The van der Waals surface area contributed by atoms with Crippen LogP contribution in [0.2, 0.25) is 0 Å². The van der Waals surface area contributed by atoms with Gasteiger partial charge in [0.2, 0.25) is 0 Å². The first-order valence-corrected chi connectivity index (χ1v) is 6.18. The molecule has 1 saturated heterocycles. The Labute approximate surface area is 100 Å². The predicted molar refractivity (Wildman–Crippen MR) is 59.8 cm³/mol. The van der Waals surface area contributed by atoms with Crippen LogP contribution in [0.25, 0.3) is 0 Å². The highest BCUT2D eigenvalue weighted by molar-refractivity contribution is 4.80. The summed E-state index contributed by atoms with van der Waals surface area (Å²) in [6.07, 6.45) is -1.31. The van der Waals surface area contributed by atoms with Crippen molar-refractivity contribution in [2.45, 2.75) is 38.6 Å². The smallest absolute Gasteiger partial charge is 0.315 e. The van der Waals surface area contributed by atoms with Crippen molar-refractivity contribution in [2.24, 2.45) is 0 Å². The molecule has 1 aliphatic heterocycles. The summed E-state index contributed by atoms with van der Waals surface area (Å²) in [5.74, 6) is 0. The normalized spacial score (nSPS) is 22.2. The number of hydrogen-bond acceptors (Lipinski definition) is 3. The summed E-state index contributed by atoms with van der Waals surface area (Å²) in [4.78, 5) is 2.08. The second-order valence-electron chi connectivity index (χ2n) is 4.33. The Morgan fingerprint density at radius 3 is 2.82 bits per heavy atom. The summed E-state index contributed by atoms with van der Waals surface area (Å²) in [5.41, 5.74) is 0. The first-order valence-electron chi connectivity index (χ1n) is 6.18. The molecule has 17 heavy (non-hydrogen) atoms. The maximum absolute atomic E-state index is 11.8. The molecule has 1 unspecified atom stereocenters. The molecule has 0 radical (unpaired) electrons. The van der Waals surface area contributed by atoms with Gasteiger partial charge < -0.3 is 5.32 Å². The molecular weight excluding hydrogens is 233 g/mol. The summed E-state index contributed by atoms with van der Waals surface area (Å²) < 4.78 is 39.3. The molecular formula is C11H21F3N2O. The fourth-order valence-corrected chi connectivity index (χ4v) is 2.14.